The van der Waals surface area contributed by atoms with Gasteiger partial charge in [-0.1, -0.05) is 42.5 Å². The van der Waals surface area contributed by atoms with Gasteiger partial charge in [0, 0.05) is 23.1 Å². The van der Waals surface area contributed by atoms with Gasteiger partial charge in [-0.05, 0) is 54.9 Å². The molecule has 0 fully saturated rings. The van der Waals surface area contributed by atoms with Crippen molar-refractivity contribution in [1.82, 2.24) is 15.6 Å². The van der Waals surface area contributed by atoms with Crippen LogP contribution in [0.25, 0.3) is 10.9 Å². The van der Waals surface area contributed by atoms with Gasteiger partial charge < -0.3 is 20.7 Å². The molecule has 2 atom stereocenters. The van der Waals surface area contributed by atoms with Crippen molar-refractivity contribution >= 4 is 22.9 Å². The molecule has 6 nitrogen and oxygen atoms in total. The molecule has 2 unspecified atom stereocenters. The third kappa shape index (κ3) is 4.42. The number of carboxylic acid groups (broad SMARTS) is 1. The highest BCUT2D eigenvalue weighted by atomic mass is 16.4. The van der Waals surface area contributed by atoms with E-state index in [1.54, 1.807) is 0 Å². The molecule has 0 radical (unpaired) electrons. The second-order valence-electron chi connectivity index (χ2n) is 7.62. The Bertz CT molecular complexity index is 1030. The molecule has 0 bridgehead atoms. The summed E-state index contributed by atoms with van der Waals surface area (Å²) < 4.78 is 0. The second kappa shape index (κ2) is 8.39. The number of para-hydroxylation sites is 1. The lowest BCUT2D eigenvalue weighted by Crippen LogP contribution is -2.50. The molecule has 4 N–H and O–H groups in total. The van der Waals surface area contributed by atoms with Crippen LogP contribution in [0.15, 0.2) is 54.7 Å². The maximum absolute atomic E-state index is 12.8. The van der Waals surface area contributed by atoms with Gasteiger partial charge in [-0.2, -0.15) is 0 Å². The van der Waals surface area contributed by atoms with Crippen molar-refractivity contribution in [2.24, 2.45) is 0 Å². The molecule has 3 aromatic rings. The Morgan fingerprint density at radius 3 is 2.69 bits per heavy atom. The summed E-state index contributed by atoms with van der Waals surface area (Å²) in [4.78, 5) is 27.3. The van der Waals surface area contributed by atoms with Crippen LogP contribution in [0.1, 0.15) is 29.5 Å². The van der Waals surface area contributed by atoms with Crippen LogP contribution in [-0.2, 0) is 24.1 Å². The minimum atomic E-state index is -1.18. The van der Waals surface area contributed by atoms with E-state index in [0.717, 1.165) is 35.7 Å². The van der Waals surface area contributed by atoms with Crippen LogP contribution in [0.5, 0.6) is 0 Å². The van der Waals surface area contributed by atoms with Gasteiger partial charge in [-0.15, -0.1) is 0 Å². The molecule has 29 heavy (non-hydrogen) atoms. The van der Waals surface area contributed by atoms with E-state index in [9.17, 15) is 14.7 Å². The van der Waals surface area contributed by atoms with E-state index in [1.165, 1.54) is 11.1 Å². The third-order valence-corrected chi connectivity index (χ3v) is 5.68. The monoisotopic (exact) mass is 391 g/mol. The third-order valence-electron chi connectivity index (χ3n) is 5.68. The minimum absolute atomic E-state index is 0.0311. The van der Waals surface area contributed by atoms with Crippen molar-refractivity contribution in [1.29, 1.82) is 0 Å². The van der Waals surface area contributed by atoms with Crippen molar-refractivity contribution in [2.75, 3.05) is 0 Å². The van der Waals surface area contributed by atoms with E-state index >= 15 is 0 Å². The first kappa shape index (κ1) is 19.1. The SMILES string of the molecule is O=C(O)NC(CCc1c[nH]c2ccccc12)C(=O)NC1CCc2ccccc2C1. The lowest BCUT2D eigenvalue weighted by Gasteiger charge is -2.27. The molecular weight excluding hydrogens is 366 g/mol. The van der Waals surface area contributed by atoms with Crippen molar-refractivity contribution in [3.05, 3.63) is 71.4 Å². The smallest absolute Gasteiger partial charge is 0.405 e. The highest BCUT2D eigenvalue weighted by Gasteiger charge is 2.25. The number of hydrogen-bond acceptors (Lipinski definition) is 2. The second-order valence-corrected chi connectivity index (χ2v) is 7.62. The first-order valence-electron chi connectivity index (χ1n) is 10.0. The summed E-state index contributed by atoms with van der Waals surface area (Å²) in [6.45, 7) is 0. The molecule has 0 aliphatic heterocycles. The number of aryl methyl sites for hydroxylation is 2. The average Bonchev–Trinajstić information content (AvgIpc) is 3.14. The molecule has 1 aromatic heterocycles. The molecule has 0 saturated carbocycles. The molecule has 150 valence electrons. The number of nitrogens with one attached hydrogen (secondary N) is 3. The zero-order valence-electron chi connectivity index (χ0n) is 16.2. The van der Waals surface area contributed by atoms with Gasteiger partial charge in [0.2, 0.25) is 5.91 Å². The first-order valence-corrected chi connectivity index (χ1v) is 10.0. The van der Waals surface area contributed by atoms with E-state index < -0.39 is 12.1 Å². The van der Waals surface area contributed by atoms with Crippen LogP contribution in [0.2, 0.25) is 0 Å². The first-order chi connectivity index (χ1) is 14.1. The fraction of sp³-hybridized carbons (Fsp3) is 0.304. The van der Waals surface area contributed by atoms with Gasteiger partial charge in [-0.3, -0.25) is 4.79 Å². The molecule has 1 aliphatic carbocycles. The Balaban J connectivity index is 1.41. The van der Waals surface area contributed by atoms with Gasteiger partial charge in [0.05, 0.1) is 0 Å². The zero-order valence-corrected chi connectivity index (χ0v) is 16.2. The van der Waals surface area contributed by atoms with Crippen LogP contribution in [0.3, 0.4) is 0 Å². The van der Waals surface area contributed by atoms with Crippen molar-refractivity contribution in [2.45, 2.75) is 44.2 Å². The van der Waals surface area contributed by atoms with Gasteiger partial charge in [-0.25, -0.2) is 4.79 Å². The van der Waals surface area contributed by atoms with E-state index in [4.69, 9.17) is 0 Å². The van der Waals surface area contributed by atoms with Crippen LogP contribution in [-0.4, -0.2) is 34.2 Å². The summed E-state index contributed by atoms with van der Waals surface area (Å²) in [6, 6.07) is 15.5. The number of fused-ring (bicyclic) bond motifs is 2. The van der Waals surface area contributed by atoms with Crippen LogP contribution >= 0.6 is 0 Å². The highest BCUT2D eigenvalue weighted by Crippen LogP contribution is 2.22. The minimum Gasteiger partial charge on any atom is -0.465 e. The Hall–Kier alpha value is -3.28. The predicted molar refractivity (Wildman–Crippen MR) is 112 cm³/mol. The molecule has 4 rings (SSSR count). The number of benzene rings is 2. The van der Waals surface area contributed by atoms with Gasteiger partial charge in [0.25, 0.3) is 0 Å². The van der Waals surface area contributed by atoms with Crippen LogP contribution in [0.4, 0.5) is 4.79 Å². The molecule has 2 aromatic carbocycles. The maximum atomic E-state index is 12.8. The lowest BCUT2D eigenvalue weighted by molar-refractivity contribution is -0.124. The van der Waals surface area contributed by atoms with Gasteiger partial charge in [0.15, 0.2) is 0 Å². The fourth-order valence-corrected chi connectivity index (χ4v) is 4.18. The summed E-state index contributed by atoms with van der Waals surface area (Å²) in [5, 5.41) is 15.8. The van der Waals surface area contributed by atoms with E-state index in [1.807, 2.05) is 42.6 Å². The van der Waals surface area contributed by atoms with Crippen molar-refractivity contribution in [3.8, 4) is 0 Å². The van der Waals surface area contributed by atoms with Crippen molar-refractivity contribution in [3.63, 3.8) is 0 Å². The molecule has 0 spiro atoms. The number of aromatic nitrogens is 1. The Labute approximate surface area is 169 Å². The summed E-state index contributed by atoms with van der Waals surface area (Å²) in [7, 11) is 0. The van der Waals surface area contributed by atoms with E-state index in [2.05, 4.69) is 27.8 Å². The number of amides is 2. The summed E-state index contributed by atoms with van der Waals surface area (Å²) in [5.74, 6) is -0.253. The largest absolute Gasteiger partial charge is 0.465 e. The van der Waals surface area contributed by atoms with E-state index in [-0.39, 0.29) is 11.9 Å². The summed E-state index contributed by atoms with van der Waals surface area (Å²) >= 11 is 0. The number of H-pyrrole nitrogens is 1. The number of rotatable bonds is 6. The number of carbonyl (C=O) groups is 2. The Morgan fingerprint density at radius 2 is 1.86 bits per heavy atom. The molecule has 2 amide bonds. The van der Waals surface area contributed by atoms with Gasteiger partial charge >= 0.3 is 6.09 Å². The summed E-state index contributed by atoms with van der Waals surface area (Å²) in [5.41, 5.74) is 4.70. The number of hydrogen-bond donors (Lipinski definition) is 4. The lowest BCUT2D eigenvalue weighted by atomic mass is 9.88. The Kier molecular flexibility index (Phi) is 5.51. The zero-order chi connectivity index (χ0) is 20.2. The predicted octanol–water partition coefficient (Wildman–Crippen LogP) is 3.41. The molecule has 1 heterocycles. The summed E-state index contributed by atoms with van der Waals surface area (Å²) in [6.07, 6.45) is 4.33. The molecule has 6 heteroatoms. The highest BCUT2D eigenvalue weighted by molar-refractivity contribution is 5.86. The molecule has 1 aliphatic rings. The fourth-order valence-electron chi connectivity index (χ4n) is 4.18. The topological polar surface area (TPSA) is 94.2 Å². The average molecular weight is 391 g/mol. The molecule has 0 saturated heterocycles. The standard InChI is InChI=1S/C23H25N3O3/c27-22(25-18-11-9-15-5-1-2-6-16(15)13-18)21(26-23(28)29)12-10-17-14-24-20-8-4-3-7-19(17)20/h1-8,14,18,21,24,26H,9-13H2,(H,25,27)(H,28,29). The van der Waals surface area contributed by atoms with E-state index in [0.29, 0.717) is 12.8 Å². The number of carbonyl (C=O) groups excluding carboxylic acids is 1. The van der Waals surface area contributed by atoms with Crippen LogP contribution < -0.4 is 10.6 Å². The van der Waals surface area contributed by atoms with Crippen molar-refractivity contribution < 1.29 is 14.7 Å². The quantitative estimate of drug-likeness (QED) is 0.519. The number of aromatic amines is 1. The maximum Gasteiger partial charge on any atom is 0.405 e. The van der Waals surface area contributed by atoms with Crippen LogP contribution in [0, 0.1) is 0 Å². The molecular formula is C23H25N3O3. The Morgan fingerprint density at radius 1 is 1.10 bits per heavy atom. The van der Waals surface area contributed by atoms with Gasteiger partial charge in [0.1, 0.15) is 6.04 Å². The normalized spacial score (nSPS) is 16.8.